The third-order valence-electron chi connectivity index (χ3n) is 5.26. The Hall–Kier alpha value is -3.02. The zero-order valence-electron chi connectivity index (χ0n) is 14.2. The van der Waals surface area contributed by atoms with Crippen molar-refractivity contribution < 1.29 is 24.2 Å². The molecule has 2 aliphatic rings. The van der Waals surface area contributed by atoms with Crippen LogP contribution in [-0.4, -0.2) is 41.8 Å². The normalized spacial score (nSPS) is 17.8. The highest BCUT2D eigenvalue weighted by Gasteiger charge is 2.44. The molecule has 6 heteroatoms. The van der Waals surface area contributed by atoms with Crippen LogP contribution in [0.1, 0.15) is 28.8 Å². The van der Waals surface area contributed by atoms with E-state index in [1.54, 1.807) is 23.1 Å². The molecule has 2 aromatic carbocycles. The number of aliphatic carboxylic acids is 1. The van der Waals surface area contributed by atoms with Gasteiger partial charge in [0, 0.05) is 18.7 Å². The van der Waals surface area contributed by atoms with Gasteiger partial charge in [0.2, 0.25) is 6.79 Å². The Labute approximate surface area is 151 Å². The van der Waals surface area contributed by atoms with Crippen LogP contribution in [0.25, 0.3) is 0 Å². The predicted octanol–water partition coefficient (Wildman–Crippen LogP) is 2.67. The van der Waals surface area contributed by atoms with E-state index in [4.69, 9.17) is 9.47 Å². The summed E-state index contributed by atoms with van der Waals surface area (Å²) in [5.41, 5.74) is 0.381. The fourth-order valence-electron chi connectivity index (χ4n) is 3.69. The van der Waals surface area contributed by atoms with E-state index in [2.05, 4.69) is 0 Å². The minimum absolute atomic E-state index is 0.115. The van der Waals surface area contributed by atoms with Crippen molar-refractivity contribution in [2.45, 2.75) is 18.3 Å². The minimum Gasteiger partial charge on any atom is -0.481 e. The summed E-state index contributed by atoms with van der Waals surface area (Å²) in [4.78, 5) is 26.5. The number of amides is 1. The van der Waals surface area contributed by atoms with Crippen LogP contribution in [0, 0.1) is 0 Å². The average Bonchev–Trinajstić information content (AvgIpc) is 3.16. The second-order valence-electron chi connectivity index (χ2n) is 6.61. The monoisotopic (exact) mass is 353 g/mol. The molecule has 0 radical (unpaired) electrons. The van der Waals surface area contributed by atoms with E-state index >= 15 is 0 Å². The summed E-state index contributed by atoms with van der Waals surface area (Å²) in [6, 6.07) is 14.4. The van der Waals surface area contributed by atoms with Gasteiger partial charge in [-0.15, -0.1) is 0 Å². The van der Waals surface area contributed by atoms with Crippen LogP contribution in [-0.2, 0) is 10.2 Å². The van der Waals surface area contributed by atoms with Crippen molar-refractivity contribution in [2.75, 3.05) is 19.9 Å². The molecule has 1 N–H and O–H groups in total. The fourth-order valence-corrected chi connectivity index (χ4v) is 3.69. The number of ether oxygens (including phenoxy) is 2. The molecule has 4 rings (SSSR count). The van der Waals surface area contributed by atoms with E-state index < -0.39 is 11.4 Å². The van der Waals surface area contributed by atoms with Gasteiger partial charge in [0.15, 0.2) is 11.5 Å². The number of benzene rings is 2. The van der Waals surface area contributed by atoms with Gasteiger partial charge in [-0.3, -0.25) is 9.59 Å². The second-order valence-corrected chi connectivity index (χ2v) is 6.61. The molecule has 0 saturated carbocycles. The van der Waals surface area contributed by atoms with Gasteiger partial charge in [-0.2, -0.15) is 0 Å². The predicted molar refractivity (Wildman–Crippen MR) is 93.5 cm³/mol. The molecule has 0 unspecified atom stereocenters. The molecular weight excluding hydrogens is 334 g/mol. The van der Waals surface area contributed by atoms with E-state index in [0.29, 0.717) is 43.0 Å². The maximum Gasteiger partial charge on any atom is 0.314 e. The molecule has 0 bridgehead atoms. The Kier molecular flexibility index (Phi) is 4.03. The second kappa shape index (κ2) is 6.37. The van der Waals surface area contributed by atoms with Crippen LogP contribution in [0.3, 0.4) is 0 Å². The molecule has 2 aromatic rings. The molecule has 0 aliphatic carbocycles. The molecule has 1 fully saturated rings. The molecule has 0 atom stereocenters. The summed E-state index contributed by atoms with van der Waals surface area (Å²) >= 11 is 0. The lowest BCUT2D eigenvalue weighted by Gasteiger charge is -2.39. The van der Waals surface area contributed by atoms with Crippen LogP contribution in [0.4, 0.5) is 0 Å². The van der Waals surface area contributed by atoms with Crippen molar-refractivity contribution in [2.24, 2.45) is 0 Å². The number of nitrogens with zero attached hydrogens (tertiary/aromatic N) is 1. The summed E-state index contributed by atoms with van der Waals surface area (Å²) in [7, 11) is 0. The van der Waals surface area contributed by atoms with Crippen molar-refractivity contribution in [1.82, 2.24) is 4.90 Å². The van der Waals surface area contributed by atoms with Crippen molar-refractivity contribution in [3.63, 3.8) is 0 Å². The summed E-state index contributed by atoms with van der Waals surface area (Å²) in [6.45, 7) is 0.956. The fraction of sp³-hybridized carbons (Fsp3) is 0.300. The molecule has 26 heavy (non-hydrogen) atoms. The molecule has 6 nitrogen and oxygen atoms in total. The lowest BCUT2D eigenvalue weighted by Crippen LogP contribution is -2.49. The lowest BCUT2D eigenvalue weighted by atomic mass is 9.73. The highest BCUT2D eigenvalue weighted by atomic mass is 16.7. The van der Waals surface area contributed by atoms with E-state index in [1.165, 1.54) is 0 Å². The van der Waals surface area contributed by atoms with Gasteiger partial charge in [0.05, 0.1) is 5.41 Å². The largest absolute Gasteiger partial charge is 0.481 e. The molecule has 0 aromatic heterocycles. The Balaban J connectivity index is 1.52. The lowest BCUT2D eigenvalue weighted by molar-refractivity contribution is -0.145. The molecule has 0 spiro atoms. The molecular formula is C20H19NO5. The molecule has 2 heterocycles. The van der Waals surface area contributed by atoms with Crippen LogP contribution in [0.2, 0.25) is 0 Å². The maximum atomic E-state index is 12.8. The van der Waals surface area contributed by atoms with Crippen molar-refractivity contribution >= 4 is 11.9 Å². The third-order valence-corrected chi connectivity index (χ3v) is 5.26. The molecule has 134 valence electrons. The quantitative estimate of drug-likeness (QED) is 0.918. The number of piperidine rings is 1. The van der Waals surface area contributed by atoms with E-state index in [1.807, 2.05) is 30.3 Å². The first kappa shape index (κ1) is 16.4. The Bertz CT molecular complexity index is 841. The number of hydrogen-bond donors (Lipinski definition) is 1. The van der Waals surface area contributed by atoms with E-state index in [9.17, 15) is 14.7 Å². The number of likely N-dealkylation sites (tertiary alicyclic amines) is 1. The number of fused-ring (bicyclic) bond motifs is 1. The van der Waals surface area contributed by atoms with Crippen LogP contribution in [0.15, 0.2) is 48.5 Å². The van der Waals surface area contributed by atoms with Gasteiger partial charge >= 0.3 is 5.97 Å². The summed E-state index contributed by atoms with van der Waals surface area (Å²) in [5.74, 6) is 0.250. The summed E-state index contributed by atoms with van der Waals surface area (Å²) in [5, 5.41) is 9.86. The average molecular weight is 353 g/mol. The van der Waals surface area contributed by atoms with Gasteiger partial charge < -0.3 is 19.5 Å². The zero-order chi connectivity index (χ0) is 18.1. The SMILES string of the molecule is O=C(c1ccc2c(c1)OCO2)N1CCC(C(=O)O)(c2ccccc2)CC1. The first-order valence-electron chi connectivity index (χ1n) is 8.58. The van der Waals surface area contributed by atoms with E-state index in [0.717, 1.165) is 5.56 Å². The van der Waals surface area contributed by atoms with Gasteiger partial charge in [-0.1, -0.05) is 30.3 Å². The number of carboxylic acid groups (broad SMARTS) is 1. The maximum absolute atomic E-state index is 12.8. The van der Waals surface area contributed by atoms with Crippen LogP contribution in [0.5, 0.6) is 11.5 Å². The van der Waals surface area contributed by atoms with Gasteiger partial charge in [0.1, 0.15) is 0 Å². The van der Waals surface area contributed by atoms with Crippen molar-refractivity contribution in [1.29, 1.82) is 0 Å². The number of carboxylic acids is 1. The first-order chi connectivity index (χ1) is 12.6. The number of carbonyl (C=O) groups excluding carboxylic acids is 1. The Morgan fingerprint density at radius 3 is 2.35 bits per heavy atom. The van der Waals surface area contributed by atoms with Crippen LogP contribution >= 0.6 is 0 Å². The van der Waals surface area contributed by atoms with Gasteiger partial charge in [-0.25, -0.2) is 0 Å². The Morgan fingerprint density at radius 2 is 1.65 bits per heavy atom. The Morgan fingerprint density at radius 1 is 0.962 bits per heavy atom. The van der Waals surface area contributed by atoms with E-state index in [-0.39, 0.29) is 12.7 Å². The first-order valence-corrected chi connectivity index (χ1v) is 8.58. The third kappa shape index (κ3) is 2.67. The smallest absolute Gasteiger partial charge is 0.314 e. The molecule has 2 aliphatic heterocycles. The van der Waals surface area contributed by atoms with Gasteiger partial charge in [0.25, 0.3) is 5.91 Å². The number of rotatable bonds is 3. The van der Waals surface area contributed by atoms with Gasteiger partial charge in [-0.05, 0) is 36.6 Å². The zero-order valence-corrected chi connectivity index (χ0v) is 14.2. The molecule has 1 amide bonds. The number of carbonyl (C=O) groups is 2. The number of hydrogen-bond acceptors (Lipinski definition) is 4. The highest BCUT2D eigenvalue weighted by Crippen LogP contribution is 2.37. The van der Waals surface area contributed by atoms with Crippen molar-refractivity contribution in [3.05, 3.63) is 59.7 Å². The standard InChI is InChI=1S/C20H19NO5/c22-18(14-6-7-16-17(12-14)26-13-25-16)21-10-8-20(9-11-21,19(23)24)15-4-2-1-3-5-15/h1-7,12H,8-11,13H2,(H,23,24). The summed E-state index contributed by atoms with van der Waals surface area (Å²) in [6.07, 6.45) is 0.783. The van der Waals surface area contributed by atoms with Crippen molar-refractivity contribution in [3.8, 4) is 11.5 Å². The van der Waals surface area contributed by atoms with Crippen LogP contribution < -0.4 is 9.47 Å². The molecule has 1 saturated heterocycles. The topological polar surface area (TPSA) is 76.1 Å². The minimum atomic E-state index is -0.938. The highest BCUT2D eigenvalue weighted by molar-refractivity contribution is 5.95. The summed E-state index contributed by atoms with van der Waals surface area (Å²) < 4.78 is 10.6.